The molecule has 1 aromatic carbocycles. The molecule has 2 aromatic rings. The third-order valence-corrected chi connectivity index (χ3v) is 3.82. The summed E-state index contributed by atoms with van der Waals surface area (Å²) in [4.78, 5) is 0.0866. The van der Waals surface area contributed by atoms with Gasteiger partial charge in [-0.05, 0) is 19.1 Å². The molecule has 0 saturated heterocycles. The van der Waals surface area contributed by atoms with E-state index >= 15 is 0 Å². The van der Waals surface area contributed by atoms with E-state index in [1.807, 2.05) is 6.92 Å². The highest BCUT2D eigenvalue weighted by Crippen LogP contribution is 2.21. The number of nitrogens with zero attached hydrogens (tertiary/aromatic N) is 2. The van der Waals surface area contributed by atoms with Gasteiger partial charge in [0.05, 0.1) is 4.90 Å². The summed E-state index contributed by atoms with van der Waals surface area (Å²) in [6, 6.07) is 8.08. The number of H-pyrrole nitrogens is 1. The van der Waals surface area contributed by atoms with Crippen molar-refractivity contribution in [3.8, 4) is 6.07 Å². The Labute approximate surface area is 110 Å². The molecule has 0 aliphatic heterocycles. The molecule has 0 radical (unpaired) electrons. The molecule has 0 bridgehead atoms. The van der Waals surface area contributed by atoms with E-state index in [1.54, 1.807) is 18.2 Å². The molecular formula is C11H11N5O2S. The second-order valence-corrected chi connectivity index (χ2v) is 5.57. The first-order valence-electron chi connectivity index (χ1n) is 5.27. The van der Waals surface area contributed by atoms with Crippen LogP contribution in [0, 0.1) is 18.3 Å². The van der Waals surface area contributed by atoms with Gasteiger partial charge < -0.3 is 5.73 Å². The first-order valence-corrected chi connectivity index (χ1v) is 6.76. The van der Waals surface area contributed by atoms with Crippen molar-refractivity contribution < 1.29 is 8.42 Å². The van der Waals surface area contributed by atoms with Gasteiger partial charge >= 0.3 is 0 Å². The van der Waals surface area contributed by atoms with Crippen LogP contribution in [0.25, 0.3) is 0 Å². The number of nitriles is 1. The predicted octanol–water partition coefficient (Wildman–Crippen LogP) is 0.973. The van der Waals surface area contributed by atoms with Gasteiger partial charge in [0.2, 0.25) is 0 Å². The van der Waals surface area contributed by atoms with Gasteiger partial charge in [0.25, 0.3) is 10.0 Å². The van der Waals surface area contributed by atoms with E-state index in [2.05, 4.69) is 14.9 Å². The summed E-state index contributed by atoms with van der Waals surface area (Å²) < 4.78 is 26.4. The Morgan fingerprint density at radius 2 is 2.00 bits per heavy atom. The number of aryl methyl sites for hydroxylation is 1. The number of aromatic amines is 1. The number of nitrogens with one attached hydrogen (secondary N) is 2. The van der Waals surface area contributed by atoms with Crippen LogP contribution in [0.2, 0.25) is 0 Å². The van der Waals surface area contributed by atoms with E-state index in [-0.39, 0.29) is 22.1 Å². The zero-order valence-electron chi connectivity index (χ0n) is 10.0. The van der Waals surface area contributed by atoms with E-state index in [4.69, 9.17) is 11.0 Å². The lowest BCUT2D eigenvalue weighted by molar-refractivity contribution is 0.601. The topological polar surface area (TPSA) is 125 Å². The van der Waals surface area contributed by atoms with Crippen LogP contribution in [-0.2, 0) is 10.0 Å². The van der Waals surface area contributed by atoms with Crippen LogP contribution in [0.15, 0.2) is 29.2 Å². The molecule has 0 aliphatic carbocycles. The Morgan fingerprint density at radius 1 is 1.37 bits per heavy atom. The van der Waals surface area contributed by atoms with E-state index in [0.717, 1.165) is 5.56 Å². The van der Waals surface area contributed by atoms with E-state index in [0.29, 0.717) is 0 Å². The van der Waals surface area contributed by atoms with Gasteiger partial charge in [-0.1, -0.05) is 17.7 Å². The minimum atomic E-state index is -3.79. The lowest BCUT2D eigenvalue weighted by Gasteiger charge is -2.05. The van der Waals surface area contributed by atoms with Gasteiger partial charge in [-0.15, -0.1) is 0 Å². The third-order valence-electron chi connectivity index (χ3n) is 2.47. The zero-order valence-corrected chi connectivity index (χ0v) is 10.8. The van der Waals surface area contributed by atoms with Gasteiger partial charge in [0, 0.05) is 0 Å². The quantitative estimate of drug-likeness (QED) is 0.771. The van der Waals surface area contributed by atoms with Crippen molar-refractivity contribution in [1.82, 2.24) is 10.2 Å². The number of nitrogens with two attached hydrogens (primary N) is 1. The Kier molecular flexibility index (Phi) is 3.14. The maximum Gasteiger partial charge on any atom is 0.263 e. The Bertz CT molecular complexity index is 740. The molecule has 8 heteroatoms. The molecule has 0 aliphatic rings. The number of rotatable bonds is 3. The number of nitrogen functional groups attached to an aromatic ring is 1. The number of hydrogen-bond acceptors (Lipinski definition) is 5. The van der Waals surface area contributed by atoms with Crippen LogP contribution in [0.1, 0.15) is 11.1 Å². The number of hydrogen-bond donors (Lipinski definition) is 3. The van der Waals surface area contributed by atoms with Crippen LogP contribution >= 0.6 is 0 Å². The fourth-order valence-electron chi connectivity index (χ4n) is 1.45. The monoisotopic (exact) mass is 277 g/mol. The molecule has 0 unspecified atom stereocenters. The standard InChI is InChI=1S/C11H11N5O2S/c1-7-2-4-8(5-3-7)19(17,18)16-11-9(6-12)10(13)14-15-11/h2-5H,1H3,(H4,13,14,15,16). The maximum atomic E-state index is 12.1. The summed E-state index contributed by atoms with van der Waals surface area (Å²) in [7, 11) is -3.79. The molecule has 0 fully saturated rings. The van der Waals surface area contributed by atoms with Crippen molar-refractivity contribution in [2.45, 2.75) is 11.8 Å². The third kappa shape index (κ3) is 2.51. The summed E-state index contributed by atoms with van der Waals surface area (Å²) >= 11 is 0. The maximum absolute atomic E-state index is 12.1. The molecule has 98 valence electrons. The Hall–Kier alpha value is -2.53. The molecule has 19 heavy (non-hydrogen) atoms. The normalized spacial score (nSPS) is 10.9. The average molecular weight is 277 g/mol. The highest BCUT2D eigenvalue weighted by atomic mass is 32.2. The van der Waals surface area contributed by atoms with E-state index in [1.165, 1.54) is 12.1 Å². The van der Waals surface area contributed by atoms with Gasteiger partial charge in [-0.2, -0.15) is 10.4 Å². The first-order chi connectivity index (χ1) is 8.94. The van der Waals surface area contributed by atoms with Crippen molar-refractivity contribution in [2.24, 2.45) is 0 Å². The molecule has 0 amide bonds. The van der Waals surface area contributed by atoms with Gasteiger partial charge in [0.1, 0.15) is 17.5 Å². The highest BCUT2D eigenvalue weighted by Gasteiger charge is 2.19. The molecule has 0 spiro atoms. The summed E-state index contributed by atoms with van der Waals surface area (Å²) in [6.45, 7) is 1.85. The molecule has 2 rings (SSSR count). The second kappa shape index (κ2) is 4.62. The Morgan fingerprint density at radius 3 is 2.58 bits per heavy atom. The van der Waals surface area contributed by atoms with Crippen molar-refractivity contribution >= 4 is 21.7 Å². The molecule has 1 heterocycles. The van der Waals surface area contributed by atoms with Crippen LogP contribution in [0.3, 0.4) is 0 Å². The van der Waals surface area contributed by atoms with Crippen LogP contribution in [-0.4, -0.2) is 18.6 Å². The first kappa shape index (κ1) is 12.9. The fraction of sp³-hybridized carbons (Fsp3) is 0.0909. The molecule has 0 atom stereocenters. The van der Waals surface area contributed by atoms with Gasteiger partial charge in [0.15, 0.2) is 5.82 Å². The zero-order chi connectivity index (χ0) is 14.0. The molecule has 4 N–H and O–H groups in total. The van der Waals surface area contributed by atoms with Crippen molar-refractivity contribution in [3.63, 3.8) is 0 Å². The van der Waals surface area contributed by atoms with Gasteiger partial charge in [-0.3, -0.25) is 9.82 Å². The van der Waals surface area contributed by atoms with Crippen LogP contribution in [0.4, 0.5) is 11.6 Å². The lowest BCUT2D eigenvalue weighted by Crippen LogP contribution is -2.14. The van der Waals surface area contributed by atoms with Crippen molar-refractivity contribution in [3.05, 3.63) is 35.4 Å². The van der Waals surface area contributed by atoms with E-state index in [9.17, 15) is 8.42 Å². The van der Waals surface area contributed by atoms with Crippen LogP contribution < -0.4 is 10.5 Å². The highest BCUT2D eigenvalue weighted by molar-refractivity contribution is 7.92. The summed E-state index contributed by atoms with van der Waals surface area (Å²) in [5.74, 6) is -0.0929. The second-order valence-electron chi connectivity index (χ2n) is 3.89. The number of anilines is 2. The number of sulfonamides is 1. The molecular weight excluding hydrogens is 266 g/mol. The number of aromatic nitrogens is 2. The number of benzene rings is 1. The van der Waals surface area contributed by atoms with Gasteiger partial charge in [-0.25, -0.2) is 8.42 Å². The lowest BCUT2D eigenvalue weighted by atomic mass is 10.2. The fourth-order valence-corrected chi connectivity index (χ4v) is 2.46. The molecule has 7 nitrogen and oxygen atoms in total. The molecule has 0 saturated carbocycles. The van der Waals surface area contributed by atoms with Crippen molar-refractivity contribution in [2.75, 3.05) is 10.5 Å². The van der Waals surface area contributed by atoms with Crippen LogP contribution in [0.5, 0.6) is 0 Å². The largest absolute Gasteiger partial charge is 0.383 e. The summed E-state index contributed by atoms with van der Waals surface area (Å²) in [6.07, 6.45) is 0. The minimum Gasteiger partial charge on any atom is -0.383 e. The van der Waals surface area contributed by atoms with Crippen molar-refractivity contribution in [1.29, 1.82) is 5.26 Å². The van der Waals surface area contributed by atoms with E-state index < -0.39 is 10.0 Å². The SMILES string of the molecule is Cc1ccc(S(=O)(=O)Nc2n[nH]c(N)c2C#N)cc1. The summed E-state index contributed by atoms with van der Waals surface area (Å²) in [5.41, 5.74) is 6.37. The summed E-state index contributed by atoms with van der Waals surface area (Å²) in [5, 5.41) is 14.9. The smallest absolute Gasteiger partial charge is 0.263 e. The minimum absolute atomic E-state index is 0.0177. The predicted molar refractivity (Wildman–Crippen MR) is 69.7 cm³/mol. The molecule has 1 aromatic heterocycles. The Balaban J connectivity index is 2.37. The average Bonchev–Trinajstić information content (AvgIpc) is 2.69.